The number of amides is 1. The number of likely N-dealkylation sites (tertiary alicyclic amines) is 1. The molecular weight excluding hydrogens is 288 g/mol. The van der Waals surface area contributed by atoms with Crippen LogP contribution in [0.2, 0.25) is 0 Å². The van der Waals surface area contributed by atoms with Crippen molar-refractivity contribution < 1.29 is 9.72 Å². The first kappa shape index (κ1) is 15.8. The van der Waals surface area contributed by atoms with Gasteiger partial charge in [-0.3, -0.25) is 14.9 Å². The Morgan fingerprint density at radius 1 is 1.38 bits per heavy atom. The molecule has 6 heteroatoms. The highest BCUT2D eigenvalue weighted by atomic mass is 32.2. The number of nitro benzene ring substituents is 1. The maximum atomic E-state index is 12.3. The fraction of sp³-hybridized carbons (Fsp3) is 0.533. The zero-order valence-electron chi connectivity index (χ0n) is 12.2. The van der Waals surface area contributed by atoms with Gasteiger partial charge in [0.2, 0.25) is 5.91 Å². The topological polar surface area (TPSA) is 63.5 Å². The normalized spacial score (nSPS) is 18.5. The number of nitro groups is 1. The van der Waals surface area contributed by atoms with Gasteiger partial charge in [-0.15, -0.1) is 11.8 Å². The van der Waals surface area contributed by atoms with E-state index in [1.807, 2.05) is 4.90 Å². The summed E-state index contributed by atoms with van der Waals surface area (Å²) in [5.74, 6) is 0.568. The largest absolute Gasteiger partial charge is 0.339 e. The van der Waals surface area contributed by atoms with Crippen LogP contribution in [0.5, 0.6) is 0 Å². The lowest BCUT2D eigenvalue weighted by Gasteiger charge is -2.35. The SMILES string of the molecule is CCC1CCCCN1C(=O)CSc1ccc([N+](=O)[O-])cc1. The fourth-order valence-corrected chi connectivity index (χ4v) is 3.43. The molecule has 1 aromatic carbocycles. The van der Waals surface area contributed by atoms with Crippen molar-refractivity contribution in [2.75, 3.05) is 12.3 Å². The third-order valence-electron chi connectivity index (χ3n) is 3.83. The summed E-state index contributed by atoms with van der Waals surface area (Å²) in [4.78, 5) is 25.4. The highest BCUT2D eigenvalue weighted by molar-refractivity contribution is 8.00. The fourth-order valence-electron chi connectivity index (χ4n) is 2.65. The molecule has 1 unspecified atom stereocenters. The molecule has 0 N–H and O–H groups in total. The van der Waals surface area contributed by atoms with E-state index in [9.17, 15) is 14.9 Å². The predicted octanol–water partition coefficient (Wildman–Crippen LogP) is 3.48. The zero-order chi connectivity index (χ0) is 15.2. The molecule has 1 fully saturated rings. The van der Waals surface area contributed by atoms with Gasteiger partial charge in [0.1, 0.15) is 0 Å². The first-order chi connectivity index (χ1) is 10.1. The number of nitrogens with zero attached hydrogens (tertiary/aromatic N) is 2. The van der Waals surface area contributed by atoms with E-state index in [1.165, 1.54) is 30.3 Å². The minimum absolute atomic E-state index is 0.0766. The minimum Gasteiger partial charge on any atom is -0.339 e. The summed E-state index contributed by atoms with van der Waals surface area (Å²) in [6, 6.07) is 6.72. The molecule has 1 heterocycles. The summed E-state index contributed by atoms with van der Waals surface area (Å²) < 4.78 is 0. The molecule has 1 aromatic rings. The molecule has 2 rings (SSSR count). The number of benzene rings is 1. The number of carbonyl (C=O) groups is 1. The zero-order valence-corrected chi connectivity index (χ0v) is 13.0. The van der Waals surface area contributed by atoms with Crippen molar-refractivity contribution in [2.24, 2.45) is 0 Å². The van der Waals surface area contributed by atoms with E-state index < -0.39 is 4.92 Å². The third-order valence-corrected chi connectivity index (χ3v) is 4.83. The number of hydrogen-bond acceptors (Lipinski definition) is 4. The predicted molar refractivity (Wildman–Crippen MR) is 83.5 cm³/mol. The van der Waals surface area contributed by atoms with Crippen LogP contribution in [-0.4, -0.2) is 34.1 Å². The van der Waals surface area contributed by atoms with Crippen LogP contribution >= 0.6 is 11.8 Å². The molecule has 5 nitrogen and oxygen atoms in total. The van der Waals surface area contributed by atoms with Gasteiger partial charge in [0.05, 0.1) is 10.7 Å². The molecule has 1 saturated heterocycles. The molecule has 1 aliphatic heterocycles. The smallest absolute Gasteiger partial charge is 0.269 e. The molecule has 114 valence electrons. The Bertz CT molecular complexity index is 504. The molecule has 0 aromatic heterocycles. The lowest BCUT2D eigenvalue weighted by molar-refractivity contribution is -0.384. The number of thioether (sulfide) groups is 1. The molecule has 1 aliphatic rings. The van der Waals surface area contributed by atoms with Crippen LogP contribution < -0.4 is 0 Å². The third kappa shape index (κ3) is 4.20. The second-order valence-electron chi connectivity index (χ2n) is 5.18. The van der Waals surface area contributed by atoms with Gasteiger partial charge >= 0.3 is 0 Å². The average molecular weight is 308 g/mol. The van der Waals surface area contributed by atoms with Crippen molar-refractivity contribution in [3.63, 3.8) is 0 Å². The van der Waals surface area contributed by atoms with Gasteiger partial charge in [0, 0.05) is 29.6 Å². The number of rotatable bonds is 5. The van der Waals surface area contributed by atoms with Gasteiger partial charge in [0.15, 0.2) is 0 Å². The highest BCUT2D eigenvalue weighted by Crippen LogP contribution is 2.24. The lowest BCUT2D eigenvalue weighted by Crippen LogP contribution is -2.44. The van der Waals surface area contributed by atoms with Crippen LogP contribution in [0.3, 0.4) is 0 Å². The van der Waals surface area contributed by atoms with E-state index in [2.05, 4.69) is 6.92 Å². The first-order valence-corrected chi connectivity index (χ1v) is 8.27. The maximum Gasteiger partial charge on any atom is 0.269 e. The second-order valence-corrected chi connectivity index (χ2v) is 6.23. The highest BCUT2D eigenvalue weighted by Gasteiger charge is 2.24. The molecule has 0 bridgehead atoms. The monoisotopic (exact) mass is 308 g/mol. The van der Waals surface area contributed by atoms with E-state index in [0.717, 1.165) is 30.7 Å². The summed E-state index contributed by atoms with van der Waals surface area (Å²) in [6.07, 6.45) is 4.40. The minimum atomic E-state index is -0.417. The van der Waals surface area contributed by atoms with Gasteiger partial charge in [-0.05, 0) is 37.8 Å². The van der Waals surface area contributed by atoms with Gasteiger partial charge in [-0.1, -0.05) is 6.92 Å². The molecule has 0 saturated carbocycles. The van der Waals surface area contributed by atoms with Gasteiger partial charge < -0.3 is 4.90 Å². The Morgan fingerprint density at radius 3 is 2.71 bits per heavy atom. The van der Waals surface area contributed by atoms with Crippen molar-refractivity contribution in [2.45, 2.75) is 43.5 Å². The van der Waals surface area contributed by atoms with Crippen LogP contribution in [0, 0.1) is 10.1 Å². The van der Waals surface area contributed by atoms with Crippen LogP contribution in [0.4, 0.5) is 5.69 Å². The number of non-ortho nitro benzene ring substituents is 1. The van der Waals surface area contributed by atoms with Crippen molar-refractivity contribution >= 4 is 23.4 Å². The Labute approximate surface area is 128 Å². The molecule has 0 radical (unpaired) electrons. The van der Waals surface area contributed by atoms with E-state index in [-0.39, 0.29) is 11.6 Å². The van der Waals surface area contributed by atoms with E-state index in [4.69, 9.17) is 0 Å². The van der Waals surface area contributed by atoms with Gasteiger partial charge in [-0.2, -0.15) is 0 Å². The Morgan fingerprint density at radius 2 is 2.10 bits per heavy atom. The summed E-state index contributed by atoms with van der Waals surface area (Å²) in [5.41, 5.74) is 0.0766. The number of hydrogen-bond donors (Lipinski definition) is 0. The van der Waals surface area contributed by atoms with E-state index in [1.54, 1.807) is 12.1 Å². The molecule has 0 spiro atoms. The standard InChI is InChI=1S/C15H20N2O3S/c1-2-12-5-3-4-10-16(12)15(18)11-21-14-8-6-13(7-9-14)17(19)20/h6-9,12H,2-5,10-11H2,1H3. The second kappa shape index (κ2) is 7.45. The van der Waals surface area contributed by atoms with Crippen molar-refractivity contribution in [1.82, 2.24) is 4.90 Å². The van der Waals surface area contributed by atoms with E-state index >= 15 is 0 Å². The molecule has 0 aliphatic carbocycles. The van der Waals surface area contributed by atoms with E-state index in [0.29, 0.717) is 11.8 Å². The van der Waals surface area contributed by atoms with Gasteiger partial charge in [0.25, 0.3) is 5.69 Å². The quantitative estimate of drug-likeness (QED) is 0.474. The van der Waals surface area contributed by atoms with Gasteiger partial charge in [-0.25, -0.2) is 0 Å². The summed E-state index contributed by atoms with van der Waals surface area (Å²) in [6.45, 7) is 2.98. The Balaban J connectivity index is 1.89. The molecule has 1 atom stereocenters. The Hall–Kier alpha value is -1.56. The molecule has 1 amide bonds. The van der Waals surface area contributed by atoms with Crippen LogP contribution in [0.1, 0.15) is 32.6 Å². The lowest BCUT2D eigenvalue weighted by atomic mass is 10.0. The number of carbonyl (C=O) groups excluding carboxylic acids is 1. The van der Waals surface area contributed by atoms with Crippen molar-refractivity contribution in [3.8, 4) is 0 Å². The first-order valence-electron chi connectivity index (χ1n) is 7.28. The average Bonchev–Trinajstić information content (AvgIpc) is 2.52. The summed E-state index contributed by atoms with van der Waals surface area (Å²) in [5, 5.41) is 10.6. The summed E-state index contributed by atoms with van der Waals surface area (Å²) >= 11 is 1.44. The van der Waals surface area contributed by atoms with Crippen molar-refractivity contribution in [1.29, 1.82) is 0 Å². The summed E-state index contributed by atoms with van der Waals surface area (Å²) in [7, 11) is 0. The maximum absolute atomic E-state index is 12.3. The molecule has 21 heavy (non-hydrogen) atoms. The van der Waals surface area contributed by atoms with Crippen LogP contribution in [-0.2, 0) is 4.79 Å². The van der Waals surface area contributed by atoms with Crippen LogP contribution in [0.15, 0.2) is 29.2 Å². The van der Waals surface area contributed by atoms with Crippen LogP contribution in [0.25, 0.3) is 0 Å². The molecular formula is C15H20N2O3S. The Kier molecular flexibility index (Phi) is 5.61. The number of piperidine rings is 1. The van der Waals surface area contributed by atoms with Crippen molar-refractivity contribution in [3.05, 3.63) is 34.4 Å².